The Hall–Kier alpha value is -3.80. The number of carbonyl (C=O) groups excluding carboxylic acids is 1. The van der Waals surface area contributed by atoms with Crippen LogP contribution in [0.1, 0.15) is 29.8 Å². The van der Waals surface area contributed by atoms with Gasteiger partial charge >= 0.3 is 6.03 Å². The van der Waals surface area contributed by atoms with E-state index in [2.05, 4.69) is 33.5 Å². The van der Waals surface area contributed by atoms with Crippen LogP contribution in [0.3, 0.4) is 0 Å². The number of nitrogens with zero attached hydrogens (tertiary/aromatic N) is 2. The molecule has 0 fully saturated rings. The average Bonchev–Trinajstić information content (AvgIpc) is 3.19. The summed E-state index contributed by atoms with van der Waals surface area (Å²) in [5, 5.41) is 4.27. The molecule has 1 aliphatic heterocycles. The van der Waals surface area contributed by atoms with Crippen LogP contribution in [0.25, 0.3) is 10.9 Å². The van der Waals surface area contributed by atoms with Gasteiger partial charge in [0.25, 0.3) is 0 Å². The molecule has 0 saturated heterocycles. The topological polar surface area (TPSA) is 70.2 Å². The second-order valence-electron chi connectivity index (χ2n) is 7.55. The van der Waals surface area contributed by atoms with Crippen molar-refractivity contribution >= 4 is 22.6 Å². The highest BCUT2D eigenvalue weighted by Gasteiger charge is 2.35. The number of nitrogens with one attached hydrogen (secondary N) is 2. The molecule has 4 aromatic rings. The molecule has 0 spiro atoms. The molecule has 2 N–H and O–H groups in total. The second-order valence-corrected chi connectivity index (χ2v) is 7.55. The molecule has 6 heteroatoms. The number of rotatable bonds is 4. The summed E-state index contributed by atoms with van der Waals surface area (Å²) in [4.78, 5) is 23.2. The molecule has 1 aliphatic rings. The van der Waals surface area contributed by atoms with Gasteiger partial charge in [-0.2, -0.15) is 0 Å². The summed E-state index contributed by atoms with van der Waals surface area (Å²) in [6.07, 6.45) is 4.37. The number of ether oxygens (including phenoxy) is 1. The molecular weight excluding hydrogens is 388 g/mol. The predicted molar refractivity (Wildman–Crippen MR) is 121 cm³/mol. The fourth-order valence-corrected chi connectivity index (χ4v) is 4.38. The van der Waals surface area contributed by atoms with Crippen LogP contribution in [0.15, 0.2) is 73.1 Å². The summed E-state index contributed by atoms with van der Waals surface area (Å²) in [7, 11) is 0. The predicted octanol–water partition coefficient (Wildman–Crippen LogP) is 5.14. The van der Waals surface area contributed by atoms with Crippen LogP contribution in [-0.4, -0.2) is 34.1 Å². The lowest BCUT2D eigenvalue weighted by atomic mass is 9.93. The quantitative estimate of drug-likeness (QED) is 0.487. The van der Waals surface area contributed by atoms with Crippen LogP contribution in [0.2, 0.25) is 0 Å². The zero-order valence-electron chi connectivity index (χ0n) is 17.3. The van der Waals surface area contributed by atoms with Crippen molar-refractivity contribution in [3.05, 3.63) is 89.9 Å². The third-order valence-corrected chi connectivity index (χ3v) is 5.72. The first-order chi connectivity index (χ1) is 15.3. The second kappa shape index (κ2) is 8.14. The molecule has 0 bridgehead atoms. The summed E-state index contributed by atoms with van der Waals surface area (Å²) in [5.41, 5.74) is 5.05. The first-order valence-electron chi connectivity index (χ1n) is 10.5. The average molecular weight is 412 g/mol. The third kappa shape index (κ3) is 3.50. The van der Waals surface area contributed by atoms with Gasteiger partial charge < -0.3 is 19.9 Å². The van der Waals surface area contributed by atoms with Gasteiger partial charge in [0.05, 0.1) is 12.3 Å². The van der Waals surface area contributed by atoms with Gasteiger partial charge in [-0.3, -0.25) is 4.98 Å². The number of para-hydroxylation sites is 3. The van der Waals surface area contributed by atoms with E-state index >= 15 is 0 Å². The molecule has 0 radical (unpaired) electrons. The highest BCUT2D eigenvalue weighted by atomic mass is 16.5. The van der Waals surface area contributed by atoms with Crippen molar-refractivity contribution in [1.82, 2.24) is 14.9 Å². The zero-order chi connectivity index (χ0) is 21.2. The van der Waals surface area contributed by atoms with E-state index in [0.717, 1.165) is 23.2 Å². The lowest BCUT2D eigenvalue weighted by molar-refractivity contribution is 0.193. The van der Waals surface area contributed by atoms with Crippen LogP contribution in [0, 0.1) is 0 Å². The van der Waals surface area contributed by atoms with E-state index in [4.69, 9.17) is 4.74 Å². The Bertz CT molecular complexity index is 1220. The molecule has 31 heavy (non-hydrogen) atoms. The minimum Gasteiger partial charge on any atom is -0.492 e. The number of H-pyrrole nitrogens is 1. The third-order valence-electron chi connectivity index (χ3n) is 5.72. The van der Waals surface area contributed by atoms with Gasteiger partial charge in [0, 0.05) is 35.5 Å². The van der Waals surface area contributed by atoms with Crippen molar-refractivity contribution in [2.24, 2.45) is 0 Å². The van der Waals surface area contributed by atoms with Crippen molar-refractivity contribution in [1.29, 1.82) is 0 Å². The van der Waals surface area contributed by atoms with Crippen molar-refractivity contribution in [3.8, 4) is 5.75 Å². The van der Waals surface area contributed by atoms with Gasteiger partial charge in [0.15, 0.2) is 0 Å². The van der Waals surface area contributed by atoms with E-state index < -0.39 is 0 Å². The SMILES string of the molecule is CCOc1ccccc1NC(=O)N1CCc2c([nH]c3ccccc23)C1c1cccnc1. The molecule has 1 atom stereocenters. The van der Waals surface area contributed by atoms with Gasteiger partial charge in [0.2, 0.25) is 0 Å². The highest BCUT2D eigenvalue weighted by molar-refractivity contribution is 5.92. The summed E-state index contributed by atoms with van der Waals surface area (Å²) >= 11 is 0. The molecule has 2 amide bonds. The molecule has 2 aromatic carbocycles. The molecule has 0 aliphatic carbocycles. The summed E-state index contributed by atoms with van der Waals surface area (Å²) < 4.78 is 5.68. The monoisotopic (exact) mass is 412 g/mol. The van der Waals surface area contributed by atoms with E-state index in [0.29, 0.717) is 24.6 Å². The van der Waals surface area contributed by atoms with Gasteiger partial charge in [-0.05, 0) is 48.7 Å². The van der Waals surface area contributed by atoms with Crippen molar-refractivity contribution in [2.45, 2.75) is 19.4 Å². The molecule has 3 heterocycles. The molecule has 2 aromatic heterocycles. The maximum absolute atomic E-state index is 13.5. The van der Waals surface area contributed by atoms with Crippen molar-refractivity contribution in [3.63, 3.8) is 0 Å². The number of aromatic amines is 1. The number of anilines is 1. The summed E-state index contributed by atoms with van der Waals surface area (Å²) in [6, 6.07) is 19.3. The maximum atomic E-state index is 13.5. The van der Waals surface area contributed by atoms with Crippen LogP contribution in [-0.2, 0) is 6.42 Å². The number of fused-ring (bicyclic) bond motifs is 3. The molecule has 5 rings (SSSR count). The number of aromatic nitrogens is 2. The largest absolute Gasteiger partial charge is 0.492 e. The molecule has 6 nitrogen and oxygen atoms in total. The van der Waals surface area contributed by atoms with E-state index in [-0.39, 0.29) is 12.1 Å². The van der Waals surface area contributed by atoms with Crippen LogP contribution >= 0.6 is 0 Å². The number of carbonyl (C=O) groups is 1. The molecule has 1 unspecified atom stereocenters. The number of hydrogen-bond acceptors (Lipinski definition) is 3. The van der Waals surface area contributed by atoms with Crippen LogP contribution in [0.5, 0.6) is 5.75 Å². The van der Waals surface area contributed by atoms with E-state index in [1.165, 1.54) is 10.9 Å². The number of benzene rings is 2. The Kier molecular flexibility index (Phi) is 5.04. The Morgan fingerprint density at radius 1 is 1.16 bits per heavy atom. The fraction of sp³-hybridized carbons (Fsp3) is 0.200. The van der Waals surface area contributed by atoms with E-state index in [1.807, 2.05) is 60.5 Å². The Balaban J connectivity index is 1.54. The number of hydrogen-bond donors (Lipinski definition) is 2. The zero-order valence-corrected chi connectivity index (χ0v) is 17.3. The van der Waals surface area contributed by atoms with Crippen molar-refractivity contribution in [2.75, 3.05) is 18.5 Å². The van der Waals surface area contributed by atoms with Gasteiger partial charge in [-0.25, -0.2) is 4.79 Å². The lowest BCUT2D eigenvalue weighted by Gasteiger charge is -2.36. The van der Waals surface area contributed by atoms with Crippen LogP contribution < -0.4 is 10.1 Å². The minimum atomic E-state index is -0.246. The Morgan fingerprint density at radius 2 is 2.00 bits per heavy atom. The lowest BCUT2D eigenvalue weighted by Crippen LogP contribution is -2.43. The van der Waals surface area contributed by atoms with E-state index in [1.54, 1.807) is 6.20 Å². The molecular formula is C25H24N4O2. The normalized spacial score (nSPS) is 15.5. The minimum absolute atomic E-state index is 0.162. The Labute approximate surface area is 180 Å². The number of urea groups is 1. The van der Waals surface area contributed by atoms with Gasteiger partial charge in [0.1, 0.15) is 11.8 Å². The smallest absolute Gasteiger partial charge is 0.322 e. The van der Waals surface area contributed by atoms with E-state index in [9.17, 15) is 4.79 Å². The summed E-state index contributed by atoms with van der Waals surface area (Å²) in [6.45, 7) is 3.07. The number of pyridine rings is 1. The first-order valence-corrected chi connectivity index (χ1v) is 10.5. The molecule has 156 valence electrons. The fourth-order valence-electron chi connectivity index (χ4n) is 4.38. The highest BCUT2D eigenvalue weighted by Crippen LogP contribution is 2.38. The Morgan fingerprint density at radius 3 is 2.84 bits per heavy atom. The standard InChI is InChI=1S/C25H24N4O2/c1-2-31-22-12-6-5-11-21(22)28-25(30)29-15-13-19-18-9-3-4-10-20(18)27-23(19)24(29)17-8-7-14-26-16-17/h3-12,14,16,24,27H,2,13,15H2,1H3,(H,28,30). The summed E-state index contributed by atoms with van der Waals surface area (Å²) in [5.74, 6) is 0.666. The maximum Gasteiger partial charge on any atom is 0.322 e. The molecule has 0 saturated carbocycles. The van der Waals surface area contributed by atoms with Crippen LogP contribution in [0.4, 0.5) is 10.5 Å². The number of amides is 2. The van der Waals surface area contributed by atoms with Gasteiger partial charge in [-0.15, -0.1) is 0 Å². The van der Waals surface area contributed by atoms with Crippen molar-refractivity contribution < 1.29 is 9.53 Å². The first kappa shape index (κ1) is 19.2. The van der Waals surface area contributed by atoms with Gasteiger partial charge in [-0.1, -0.05) is 36.4 Å².